The second kappa shape index (κ2) is 6.62. The smallest absolute Gasteiger partial charge is 0.228 e. The maximum atomic E-state index is 12.9. The highest BCUT2D eigenvalue weighted by atomic mass is 16.2. The van der Waals surface area contributed by atoms with Crippen LogP contribution in [0.4, 0.5) is 0 Å². The standard InChI is InChI=1S/C20H29N5O2/c26-18-4-1-3-16-14-9-15(11-21-10-14)17(25(16)18)12-22-19(27)20(5-6-20)13-24-8-2-7-23-24/h2,7-8,14-17,21H,1,3-6,9-13H2,(H,22,27)/t14-,15+,16+,17+/m1/s1. The first-order valence-corrected chi connectivity index (χ1v) is 10.4. The Hall–Kier alpha value is -1.89. The van der Waals surface area contributed by atoms with E-state index < -0.39 is 0 Å². The maximum absolute atomic E-state index is 12.9. The van der Waals surface area contributed by atoms with Crippen LogP contribution in [-0.4, -0.2) is 58.2 Å². The number of hydrogen-bond acceptors (Lipinski definition) is 4. The van der Waals surface area contributed by atoms with Crippen LogP contribution in [0.15, 0.2) is 18.5 Å². The van der Waals surface area contributed by atoms with E-state index >= 15 is 0 Å². The fourth-order valence-corrected chi connectivity index (χ4v) is 5.59. The van der Waals surface area contributed by atoms with E-state index in [1.807, 2.05) is 16.9 Å². The average molecular weight is 371 g/mol. The van der Waals surface area contributed by atoms with E-state index in [1.54, 1.807) is 6.20 Å². The molecule has 146 valence electrons. The number of aromatic nitrogens is 2. The molecule has 4 aliphatic rings. The number of nitrogens with one attached hydrogen (secondary N) is 2. The molecule has 0 radical (unpaired) electrons. The fourth-order valence-electron chi connectivity index (χ4n) is 5.59. The van der Waals surface area contributed by atoms with Gasteiger partial charge < -0.3 is 15.5 Å². The lowest BCUT2D eigenvalue weighted by Crippen LogP contribution is -2.66. The molecule has 7 nitrogen and oxygen atoms in total. The van der Waals surface area contributed by atoms with E-state index in [2.05, 4.69) is 20.6 Å². The van der Waals surface area contributed by atoms with Gasteiger partial charge in [0.15, 0.2) is 0 Å². The van der Waals surface area contributed by atoms with Crippen molar-refractivity contribution >= 4 is 11.8 Å². The summed E-state index contributed by atoms with van der Waals surface area (Å²) in [5.41, 5.74) is -0.306. The summed E-state index contributed by atoms with van der Waals surface area (Å²) in [5, 5.41) is 11.0. The fraction of sp³-hybridized carbons (Fsp3) is 0.750. The summed E-state index contributed by atoms with van der Waals surface area (Å²) < 4.78 is 1.85. The molecule has 3 saturated heterocycles. The van der Waals surface area contributed by atoms with Crippen molar-refractivity contribution in [1.82, 2.24) is 25.3 Å². The van der Waals surface area contributed by atoms with E-state index in [9.17, 15) is 9.59 Å². The molecule has 1 aliphatic carbocycles. The van der Waals surface area contributed by atoms with Crippen LogP contribution in [-0.2, 0) is 16.1 Å². The minimum Gasteiger partial charge on any atom is -0.353 e. The molecule has 1 aromatic heterocycles. The molecular formula is C20H29N5O2. The molecule has 1 saturated carbocycles. The zero-order valence-electron chi connectivity index (χ0n) is 15.8. The minimum absolute atomic E-state index is 0.130. The van der Waals surface area contributed by atoms with Crippen molar-refractivity contribution in [2.24, 2.45) is 17.3 Å². The van der Waals surface area contributed by atoms with Crippen molar-refractivity contribution in [3.05, 3.63) is 18.5 Å². The highest BCUT2D eigenvalue weighted by Crippen LogP contribution is 2.47. The molecule has 1 aromatic rings. The van der Waals surface area contributed by atoms with Crippen molar-refractivity contribution < 1.29 is 9.59 Å². The second-order valence-electron chi connectivity index (χ2n) is 8.94. The molecule has 0 spiro atoms. The molecule has 4 heterocycles. The largest absolute Gasteiger partial charge is 0.353 e. The van der Waals surface area contributed by atoms with Gasteiger partial charge in [-0.1, -0.05) is 0 Å². The number of carbonyl (C=O) groups is 2. The number of nitrogens with zero attached hydrogens (tertiary/aromatic N) is 3. The van der Waals surface area contributed by atoms with E-state index in [0.29, 0.717) is 43.3 Å². The average Bonchev–Trinajstić information content (AvgIpc) is 3.28. The van der Waals surface area contributed by atoms with Crippen molar-refractivity contribution in [2.45, 2.75) is 57.2 Å². The number of amides is 2. The molecule has 4 atom stereocenters. The zero-order chi connectivity index (χ0) is 18.4. The molecule has 2 N–H and O–H groups in total. The van der Waals surface area contributed by atoms with Crippen molar-refractivity contribution in [3.63, 3.8) is 0 Å². The van der Waals surface area contributed by atoms with Crippen molar-refractivity contribution in [1.29, 1.82) is 0 Å². The Morgan fingerprint density at radius 2 is 2.19 bits per heavy atom. The molecule has 2 amide bonds. The van der Waals surface area contributed by atoms with Gasteiger partial charge in [-0.05, 0) is 56.6 Å². The zero-order valence-corrected chi connectivity index (χ0v) is 15.8. The summed E-state index contributed by atoms with van der Waals surface area (Å²) in [5.74, 6) is 1.45. The van der Waals surface area contributed by atoms with Crippen molar-refractivity contribution in [2.75, 3.05) is 19.6 Å². The van der Waals surface area contributed by atoms with Crippen LogP contribution in [0.5, 0.6) is 0 Å². The lowest BCUT2D eigenvalue weighted by Gasteiger charge is -2.54. The van der Waals surface area contributed by atoms with Gasteiger partial charge in [0.05, 0.1) is 18.0 Å². The summed E-state index contributed by atoms with van der Waals surface area (Å²) in [6.45, 7) is 3.21. The number of hydrogen-bond donors (Lipinski definition) is 2. The van der Waals surface area contributed by atoms with Gasteiger partial charge in [0.2, 0.25) is 11.8 Å². The molecule has 0 aromatic carbocycles. The predicted octanol–water partition coefficient (Wildman–Crippen LogP) is 0.769. The van der Waals surface area contributed by atoms with Gasteiger partial charge in [0.25, 0.3) is 0 Å². The van der Waals surface area contributed by atoms with Gasteiger partial charge in [-0.15, -0.1) is 0 Å². The molecule has 5 rings (SSSR count). The van der Waals surface area contributed by atoms with E-state index in [4.69, 9.17) is 0 Å². The van der Waals surface area contributed by atoms with Crippen LogP contribution < -0.4 is 10.6 Å². The van der Waals surface area contributed by atoms with Crippen LogP contribution in [0.1, 0.15) is 38.5 Å². The predicted molar refractivity (Wildman–Crippen MR) is 99.6 cm³/mol. The summed E-state index contributed by atoms with van der Waals surface area (Å²) in [6, 6.07) is 2.39. The van der Waals surface area contributed by atoms with Gasteiger partial charge in [-0.2, -0.15) is 5.10 Å². The number of rotatable bonds is 5. The third-order valence-corrected chi connectivity index (χ3v) is 7.23. The van der Waals surface area contributed by atoms with Crippen LogP contribution in [0.25, 0.3) is 0 Å². The van der Waals surface area contributed by atoms with Crippen LogP contribution in [0.3, 0.4) is 0 Å². The van der Waals surface area contributed by atoms with Gasteiger partial charge in [0.1, 0.15) is 0 Å². The van der Waals surface area contributed by atoms with E-state index in [1.165, 1.54) is 6.42 Å². The number of piperidine rings is 3. The van der Waals surface area contributed by atoms with E-state index in [0.717, 1.165) is 38.8 Å². The summed E-state index contributed by atoms with van der Waals surface area (Å²) in [6.07, 6.45) is 9.47. The van der Waals surface area contributed by atoms with Crippen LogP contribution in [0.2, 0.25) is 0 Å². The Balaban J connectivity index is 1.27. The number of carbonyl (C=O) groups excluding carboxylic acids is 2. The quantitative estimate of drug-likeness (QED) is 0.801. The molecule has 3 aliphatic heterocycles. The highest BCUT2D eigenvalue weighted by Gasteiger charge is 2.52. The van der Waals surface area contributed by atoms with Gasteiger partial charge in [-0.25, -0.2) is 0 Å². The molecule has 7 heteroatoms. The number of fused-ring (bicyclic) bond motifs is 4. The van der Waals surface area contributed by atoms with Gasteiger partial charge in [-0.3, -0.25) is 14.3 Å². The Labute approximate surface area is 159 Å². The Morgan fingerprint density at radius 3 is 2.96 bits per heavy atom. The first-order valence-electron chi connectivity index (χ1n) is 10.4. The lowest BCUT2D eigenvalue weighted by atomic mass is 9.72. The third kappa shape index (κ3) is 3.06. The van der Waals surface area contributed by atoms with Gasteiger partial charge in [0, 0.05) is 37.9 Å². The SMILES string of the molecule is O=C1CCC[C@H]2[C@H]3CNC[C@H](C3)[C@H](CNC(=O)C3(Cn4cccn4)CC3)N12. The van der Waals surface area contributed by atoms with Gasteiger partial charge >= 0.3 is 0 Å². The Kier molecular flexibility index (Phi) is 4.22. The van der Waals surface area contributed by atoms with Crippen LogP contribution in [0, 0.1) is 17.3 Å². The minimum atomic E-state index is -0.306. The topological polar surface area (TPSA) is 79.3 Å². The first kappa shape index (κ1) is 17.2. The molecule has 0 unspecified atom stereocenters. The van der Waals surface area contributed by atoms with Crippen LogP contribution >= 0.6 is 0 Å². The molecule has 27 heavy (non-hydrogen) atoms. The third-order valence-electron chi connectivity index (χ3n) is 7.23. The van der Waals surface area contributed by atoms with Crippen molar-refractivity contribution in [3.8, 4) is 0 Å². The van der Waals surface area contributed by atoms with E-state index in [-0.39, 0.29) is 17.4 Å². The Morgan fingerprint density at radius 1 is 1.33 bits per heavy atom. The molecular weight excluding hydrogens is 342 g/mol. The summed E-state index contributed by atoms with van der Waals surface area (Å²) in [4.78, 5) is 27.8. The monoisotopic (exact) mass is 371 g/mol. The molecule has 2 bridgehead atoms. The lowest BCUT2D eigenvalue weighted by molar-refractivity contribution is -0.149. The maximum Gasteiger partial charge on any atom is 0.228 e. The first-order chi connectivity index (χ1) is 13.2. The highest BCUT2D eigenvalue weighted by molar-refractivity contribution is 5.85. The molecule has 4 fully saturated rings. The normalized spacial score (nSPS) is 34.1. The summed E-state index contributed by atoms with van der Waals surface area (Å²) >= 11 is 0. The summed E-state index contributed by atoms with van der Waals surface area (Å²) in [7, 11) is 0. The Bertz CT molecular complexity index is 714. The second-order valence-corrected chi connectivity index (χ2v) is 8.94.